The van der Waals surface area contributed by atoms with Gasteiger partial charge in [-0.3, -0.25) is 9.69 Å². The fourth-order valence-corrected chi connectivity index (χ4v) is 8.14. The van der Waals surface area contributed by atoms with Crippen LogP contribution < -0.4 is 18.9 Å². The molecule has 0 spiro atoms. The quantitative estimate of drug-likeness (QED) is 0.0640. The highest BCUT2D eigenvalue weighted by molar-refractivity contribution is 7.22. The van der Waals surface area contributed by atoms with Gasteiger partial charge in [-0.15, -0.1) is 11.3 Å². The van der Waals surface area contributed by atoms with E-state index >= 15 is 0 Å². The Bertz CT molecular complexity index is 2600. The number of benzene rings is 6. The third-order valence-corrected chi connectivity index (χ3v) is 11.2. The van der Waals surface area contributed by atoms with Crippen molar-refractivity contribution >= 4 is 45.1 Å². The second kappa shape index (κ2) is 18.1. The standard InChI is InChI=1S/C49H39NO8S/c51-45(33-19-22-38(23-20-33)55-30-29-50-27-11-4-12-28-50)44-40-25-24-39(56-47(52)34-13-5-1-6-14-34)32-43(40)59-46(44)37-21-26-41(57-48(53)35-15-7-2-8-16-35)42(31-37)58-49(54)36-17-9-3-10-18-36/h1-3,5-10,13-26,31-32H,4,11-12,27-30H2. The summed E-state index contributed by atoms with van der Waals surface area (Å²) in [5, 5.41) is 0.638. The van der Waals surface area contributed by atoms with Crippen LogP contribution in [0.3, 0.4) is 0 Å². The van der Waals surface area contributed by atoms with Gasteiger partial charge in [-0.1, -0.05) is 61.0 Å². The molecular formula is C49H39NO8S. The lowest BCUT2D eigenvalue weighted by atomic mass is 9.97. The Labute approximate surface area is 345 Å². The largest absolute Gasteiger partial charge is 0.492 e. The zero-order chi connectivity index (χ0) is 40.6. The van der Waals surface area contributed by atoms with Crippen molar-refractivity contribution in [2.45, 2.75) is 19.3 Å². The van der Waals surface area contributed by atoms with Gasteiger partial charge < -0.3 is 18.9 Å². The van der Waals surface area contributed by atoms with Crippen LogP contribution in [0.15, 0.2) is 152 Å². The molecule has 0 atom stereocenters. The minimum Gasteiger partial charge on any atom is -0.492 e. The number of hydrogen-bond donors (Lipinski definition) is 0. The minimum atomic E-state index is -0.657. The second-order valence-corrected chi connectivity index (χ2v) is 15.0. The maximum absolute atomic E-state index is 14.6. The van der Waals surface area contributed by atoms with Gasteiger partial charge in [-0.25, -0.2) is 14.4 Å². The van der Waals surface area contributed by atoms with Crippen LogP contribution in [-0.4, -0.2) is 54.8 Å². The van der Waals surface area contributed by atoms with Gasteiger partial charge in [0.1, 0.15) is 18.1 Å². The number of carbonyl (C=O) groups is 4. The SMILES string of the molecule is O=C(Oc1ccc2c(C(=O)c3ccc(OCCN4CCCCC4)cc3)c(-c3ccc(OC(=O)c4ccccc4)c(OC(=O)c4ccccc4)c3)sc2c1)c1ccccc1. The van der Waals surface area contributed by atoms with Gasteiger partial charge in [0.05, 0.1) is 16.7 Å². The molecule has 6 aromatic carbocycles. The summed E-state index contributed by atoms with van der Waals surface area (Å²) in [6, 6.07) is 42.8. The third kappa shape index (κ3) is 9.31. The van der Waals surface area contributed by atoms with Gasteiger partial charge in [0.15, 0.2) is 17.3 Å². The van der Waals surface area contributed by atoms with Crippen molar-refractivity contribution in [1.82, 2.24) is 4.90 Å². The van der Waals surface area contributed by atoms with E-state index in [9.17, 15) is 19.2 Å². The molecule has 2 heterocycles. The number of ether oxygens (including phenoxy) is 4. The second-order valence-electron chi connectivity index (χ2n) is 14.0. The van der Waals surface area contributed by atoms with Crippen molar-refractivity contribution in [3.8, 4) is 33.4 Å². The molecule has 8 rings (SSSR count). The van der Waals surface area contributed by atoms with E-state index in [0.717, 1.165) is 19.6 Å². The van der Waals surface area contributed by atoms with Crippen molar-refractivity contribution in [2.75, 3.05) is 26.2 Å². The summed E-state index contributed by atoms with van der Waals surface area (Å²) in [6.07, 6.45) is 3.69. The van der Waals surface area contributed by atoms with E-state index in [1.165, 1.54) is 30.6 Å². The topological polar surface area (TPSA) is 108 Å². The van der Waals surface area contributed by atoms with Gasteiger partial charge in [-0.2, -0.15) is 0 Å². The molecular weight excluding hydrogens is 763 g/mol. The average molecular weight is 802 g/mol. The third-order valence-electron chi connectivity index (χ3n) is 9.98. The molecule has 1 aliphatic heterocycles. The average Bonchev–Trinajstić information content (AvgIpc) is 3.67. The summed E-state index contributed by atoms with van der Waals surface area (Å²) in [5.41, 5.74) is 2.39. The first kappa shape index (κ1) is 39.0. The number of nitrogens with zero attached hydrogens (tertiary/aromatic N) is 1. The first-order valence-electron chi connectivity index (χ1n) is 19.4. The lowest BCUT2D eigenvalue weighted by Crippen LogP contribution is -2.33. The Hall–Kier alpha value is -6.88. The summed E-state index contributed by atoms with van der Waals surface area (Å²) in [6.45, 7) is 3.57. The summed E-state index contributed by atoms with van der Waals surface area (Å²) < 4.78 is 24.2. The number of piperidine rings is 1. The molecule has 10 heteroatoms. The van der Waals surface area contributed by atoms with E-state index < -0.39 is 17.9 Å². The van der Waals surface area contributed by atoms with Crippen molar-refractivity contribution < 1.29 is 38.1 Å². The number of ketones is 1. The van der Waals surface area contributed by atoms with Gasteiger partial charge in [0, 0.05) is 32.6 Å². The van der Waals surface area contributed by atoms with Crippen LogP contribution in [0.25, 0.3) is 20.5 Å². The van der Waals surface area contributed by atoms with Crippen LogP contribution in [0.5, 0.6) is 23.0 Å². The van der Waals surface area contributed by atoms with Crippen LogP contribution in [0, 0.1) is 0 Å². The Morgan fingerprint density at radius 3 is 1.69 bits per heavy atom. The predicted octanol–water partition coefficient (Wildman–Crippen LogP) is 10.3. The first-order chi connectivity index (χ1) is 28.9. The molecule has 0 unspecified atom stereocenters. The molecule has 0 radical (unpaired) electrons. The number of fused-ring (bicyclic) bond motifs is 1. The van der Waals surface area contributed by atoms with Gasteiger partial charge in [-0.05, 0) is 129 Å². The highest BCUT2D eigenvalue weighted by atomic mass is 32.1. The molecule has 294 valence electrons. The number of esters is 3. The molecule has 0 N–H and O–H groups in total. The molecule has 0 saturated carbocycles. The van der Waals surface area contributed by atoms with Crippen LogP contribution >= 0.6 is 11.3 Å². The van der Waals surface area contributed by atoms with Crippen molar-refractivity contribution in [1.29, 1.82) is 0 Å². The predicted molar refractivity (Wildman–Crippen MR) is 227 cm³/mol. The zero-order valence-electron chi connectivity index (χ0n) is 32.0. The fourth-order valence-electron chi connectivity index (χ4n) is 6.91. The Morgan fingerprint density at radius 1 is 0.525 bits per heavy atom. The Kier molecular flexibility index (Phi) is 12.0. The first-order valence-corrected chi connectivity index (χ1v) is 20.2. The van der Waals surface area contributed by atoms with E-state index in [0.29, 0.717) is 66.4 Å². The Balaban J connectivity index is 1.15. The van der Waals surface area contributed by atoms with E-state index in [1.54, 1.807) is 146 Å². The van der Waals surface area contributed by atoms with Gasteiger partial charge >= 0.3 is 17.9 Å². The van der Waals surface area contributed by atoms with Crippen molar-refractivity contribution in [3.63, 3.8) is 0 Å². The zero-order valence-corrected chi connectivity index (χ0v) is 32.8. The molecule has 0 aliphatic carbocycles. The molecule has 9 nitrogen and oxygen atoms in total. The molecule has 0 bridgehead atoms. The maximum Gasteiger partial charge on any atom is 0.343 e. The number of carbonyl (C=O) groups excluding carboxylic acids is 4. The molecule has 1 aromatic heterocycles. The summed E-state index contributed by atoms with van der Waals surface area (Å²) in [5.74, 6) is -1.06. The summed E-state index contributed by atoms with van der Waals surface area (Å²) in [7, 11) is 0. The molecule has 1 saturated heterocycles. The lowest BCUT2D eigenvalue weighted by molar-refractivity contribution is 0.0682. The highest BCUT2D eigenvalue weighted by Crippen LogP contribution is 2.44. The van der Waals surface area contributed by atoms with Crippen molar-refractivity contribution in [2.24, 2.45) is 0 Å². The number of hydrogen-bond acceptors (Lipinski definition) is 10. The minimum absolute atomic E-state index is 0.0139. The summed E-state index contributed by atoms with van der Waals surface area (Å²) >= 11 is 1.32. The smallest absolute Gasteiger partial charge is 0.343 e. The van der Waals surface area contributed by atoms with E-state index in [2.05, 4.69) is 4.90 Å². The van der Waals surface area contributed by atoms with Crippen LogP contribution in [0.1, 0.15) is 66.3 Å². The molecule has 1 aliphatic rings. The van der Waals surface area contributed by atoms with Crippen molar-refractivity contribution in [3.05, 3.63) is 179 Å². The normalized spacial score (nSPS) is 12.7. The molecule has 59 heavy (non-hydrogen) atoms. The van der Waals surface area contributed by atoms with E-state index in [4.69, 9.17) is 18.9 Å². The molecule has 1 fully saturated rings. The number of likely N-dealkylation sites (tertiary alicyclic amines) is 1. The maximum atomic E-state index is 14.6. The Morgan fingerprint density at radius 2 is 1.08 bits per heavy atom. The highest BCUT2D eigenvalue weighted by Gasteiger charge is 2.25. The lowest BCUT2D eigenvalue weighted by Gasteiger charge is -2.26. The van der Waals surface area contributed by atoms with Gasteiger partial charge in [0.25, 0.3) is 0 Å². The van der Waals surface area contributed by atoms with E-state index in [-0.39, 0.29) is 17.3 Å². The number of rotatable bonds is 13. The molecule has 7 aromatic rings. The number of thiophene rings is 1. The van der Waals surface area contributed by atoms with Crippen LogP contribution in [0.2, 0.25) is 0 Å². The van der Waals surface area contributed by atoms with Gasteiger partial charge in [0.2, 0.25) is 0 Å². The van der Waals surface area contributed by atoms with E-state index in [1.807, 2.05) is 6.07 Å². The monoisotopic (exact) mass is 801 g/mol. The molecule has 0 amide bonds. The van der Waals surface area contributed by atoms with Crippen LogP contribution in [-0.2, 0) is 0 Å². The van der Waals surface area contributed by atoms with Crippen LogP contribution in [0.4, 0.5) is 0 Å². The fraction of sp³-hybridized carbons (Fsp3) is 0.143. The summed E-state index contributed by atoms with van der Waals surface area (Å²) in [4.78, 5) is 57.2.